The number of rotatable bonds is 8. The number of allylic oxidation sites excluding steroid dienone is 4. The topological polar surface area (TPSA) is 15.3 Å². The first-order valence-electron chi connectivity index (χ1n) is 11.8. The van der Waals surface area contributed by atoms with Gasteiger partial charge in [-0.05, 0) is 67.7 Å². The van der Waals surface area contributed by atoms with E-state index in [1.165, 1.54) is 29.7 Å². The highest BCUT2D eigenvalue weighted by Gasteiger charge is 2.38. The van der Waals surface area contributed by atoms with Gasteiger partial charge in [0.25, 0.3) is 0 Å². The molecular formula is C27H41ClN2. The van der Waals surface area contributed by atoms with E-state index in [-0.39, 0.29) is 10.8 Å². The van der Waals surface area contributed by atoms with Crippen molar-refractivity contribution in [3.8, 4) is 0 Å². The average molecular weight is 429 g/mol. The van der Waals surface area contributed by atoms with Gasteiger partial charge in [0.1, 0.15) is 0 Å². The van der Waals surface area contributed by atoms with Gasteiger partial charge in [0.2, 0.25) is 0 Å². The first-order chi connectivity index (χ1) is 14.2. The molecule has 1 aliphatic heterocycles. The maximum Gasteiger partial charge on any atom is 0.0553 e. The molecule has 0 saturated carbocycles. The minimum absolute atomic E-state index is 0.176. The SMILES string of the molecule is Cc1cccc(CCN[C@@H](CN2CC[C@H](C3=CCC(Cl)C=C3)C(C)(C)C2)C(C)C)c1. The summed E-state index contributed by atoms with van der Waals surface area (Å²) in [6, 6.07) is 9.42. The number of nitrogens with one attached hydrogen (secondary N) is 1. The van der Waals surface area contributed by atoms with Crippen molar-refractivity contribution in [3.63, 3.8) is 0 Å². The lowest BCUT2D eigenvalue weighted by Crippen LogP contribution is -2.52. The summed E-state index contributed by atoms with van der Waals surface area (Å²) in [6.45, 7) is 16.3. The number of hydrogen-bond donors (Lipinski definition) is 1. The molecule has 0 bridgehead atoms. The molecule has 1 aliphatic carbocycles. The van der Waals surface area contributed by atoms with Crippen LogP contribution >= 0.6 is 11.6 Å². The largest absolute Gasteiger partial charge is 0.312 e. The normalized spacial score (nSPS) is 25.4. The van der Waals surface area contributed by atoms with E-state index in [4.69, 9.17) is 11.6 Å². The van der Waals surface area contributed by atoms with E-state index in [1.54, 1.807) is 0 Å². The van der Waals surface area contributed by atoms with Crippen LogP contribution in [0.5, 0.6) is 0 Å². The molecule has 1 heterocycles. The van der Waals surface area contributed by atoms with Crippen LogP contribution in [-0.4, -0.2) is 42.5 Å². The van der Waals surface area contributed by atoms with Gasteiger partial charge in [0.15, 0.2) is 0 Å². The maximum absolute atomic E-state index is 6.24. The Kier molecular flexibility index (Phi) is 8.24. The van der Waals surface area contributed by atoms with Crippen LogP contribution in [0.1, 0.15) is 51.7 Å². The predicted octanol–water partition coefficient (Wildman–Crippen LogP) is 5.99. The predicted molar refractivity (Wildman–Crippen MR) is 131 cm³/mol. The van der Waals surface area contributed by atoms with Crippen LogP contribution in [0.2, 0.25) is 0 Å². The molecule has 0 amide bonds. The summed E-state index contributed by atoms with van der Waals surface area (Å²) >= 11 is 6.24. The quantitative estimate of drug-likeness (QED) is 0.511. The van der Waals surface area contributed by atoms with Crippen molar-refractivity contribution in [2.45, 2.75) is 65.3 Å². The Bertz CT molecular complexity index is 749. The zero-order chi connectivity index (χ0) is 21.7. The second-order valence-corrected chi connectivity index (χ2v) is 11.0. The van der Waals surface area contributed by atoms with E-state index >= 15 is 0 Å². The lowest BCUT2D eigenvalue weighted by molar-refractivity contribution is 0.0633. The van der Waals surface area contributed by atoms with E-state index in [1.807, 2.05) is 0 Å². The van der Waals surface area contributed by atoms with Gasteiger partial charge in [0.05, 0.1) is 5.38 Å². The molecule has 30 heavy (non-hydrogen) atoms. The third-order valence-corrected chi connectivity index (χ3v) is 7.27. The molecule has 3 rings (SSSR count). The summed E-state index contributed by atoms with van der Waals surface area (Å²) in [6.07, 6.45) is 10.2. The minimum Gasteiger partial charge on any atom is -0.312 e. The summed E-state index contributed by atoms with van der Waals surface area (Å²) in [5, 5.41) is 4.04. The summed E-state index contributed by atoms with van der Waals surface area (Å²) < 4.78 is 0. The zero-order valence-corrected chi connectivity index (χ0v) is 20.4. The molecule has 166 valence electrons. The maximum atomic E-state index is 6.24. The van der Waals surface area contributed by atoms with Crippen LogP contribution in [0, 0.1) is 24.2 Å². The van der Waals surface area contributed by atoms with E-state index in [0.29, 0.717) is 17.9 Å². The number of halogens is 1. The molecule has 1 aromatic carbocycles. The smallest absolute Gasteiger partial charge is 0.0553 e. The van der Waals surface area contributed by atoms with Gasteiger partial charge >= 0.3 is 0 Å². The van der Waals surface area contributed by atoms with Crippen LogP contribution < -0.4 is 5.32 Å². The highest BCUT2D eigenvalue weighted by molar-refractivity contribution is 6.22. The first kappa shape index (κ1) is 23.6. The van der Waals surface area contributed by atoms with Crippen molar-refractivity contribution >= 4 is 11.6 Å². The van der Waals surface area contributed by atoms with Crippen LogP contribution in [0.25, 0.3) is 0 Å². The van der Waals surface area contributed by atoms with Gasteiger partial charge in [-0.15, -0.1) is 11.6 Å². The van der Waals surface area contributed by atoms with Crippen molar-refractivity contribution < 1.29 is 0 Å². The van der Waals surface area contributed by atoms with Crippen molar-refractivity contribution in [1.29, 1.82) is 0 Å². The lowest BCUT2D eigenvalue weighted by Gasteiger charge is -2.46. The molecule has 2 aliphatic rings. The second-order valence-electron chi connectivity index (χ2n) is 10.4. The summed E-state index contributed by atoms with van der Waals surface area (Å²) in [7, 11) is 0. The molecule has 1 N–H and O–H groups in total. The van der Waals surface area contributed by atoms with Crippen molar-refractivity contribution in [2.75, 3.05) is 26.2 Å². The standard InChI is InChI=1S/C27H41ClN2/c1-20(2)26(29-15-13-22-8-6-7-21(3)17-22)18-30-16-14-25(27(4,5)19-30)23-9-11-24(28)12-10-23/h6-11,17,20,24-26,29H,12-16,18-19H2,1-5H3/t24?,25-,26+/m1/s1. The first-order valence-corrected chi connectivity index (χ1v) is 12.2. The molecule has 0 aromatic heterocycles. The fraction of sp³-hybridized carbons (Fsp3) is 0.630. The Morgan fingerprint density at radius 3 is 2.70 bits per heavy atom. The molecule has 0 spiro atoms. The van der Waals surface area contributed by atoms with E-state index in [9.17, 15) is 0 Å². The number of hydrogen-bond acceptors (Lipinski definition) is 2. The molecule has 0 radical (unpaired) electrons. The monoisotopic (exact) mass is 428 g/mol. The molecule has 1 saturated heterocycles. The highest BCUT2D eigenvalue weighted by Crippen LogP contribution is 2.41. The van der Waals surface area contributed by atoms with Crippen LogP contribution in [-0.2, 0) is 6.42 Å². The van der Waals surface area contributed by atoms with Gasteiger partial charge in [-0.1, -0.05) is 75.8 Å². The summed E-state index contributed by atoms with van der Waals surface area (Å²) in [5.41, 5.74) is 4.58. The Hall–Kier alpha value is -1.09. The fourth-order valence-electron chi connectivity index (χ4n) is 5.17. The Morgan fingerprint density at radius 1 is 1.27 bits per heavy atom. The summed E-state index contributed by atoms with van der Waals surface area (Å²) in [5.74, 6) is 1.27. The molecule has 3 heteroatoms. The number of alkyl halides is 1. The third kappa shape index (κ3) is 6.45. The summed E-state index contributed by atoms with van der Waals surface area (Å²) in [4.78, 5) is 2.69. The second kappa shape index (κ2) is 10.5. The van der Waals surface area contributed by atoms with Crippen LogP contribution in [0.4, 0.5) is 0 Å². The van der Waals surface area contributed by atoms with Crippen LogP contribution in [0.3, 0.4) is 0 Å². The lowest BCUT2D eigenvalue weighted by atomic mass is 9.69. The van der Waals surface area contributed by atoms with Gasteiger partial charge in [0, 0.05) is 19.1 Å². The zero-order valence-electron chi connectivity index (χ0n) is 19.6. The minimum atomic E-state index is 0.176. The van der Waals surface area contributed by atoms with E-state index in [0.717, 1.165) is 32.5 Å². The number of likely N-dealkylation sites (tertiary alicyclic amines) is 1. The fourth-order valence-corrected chi connectivity index (χ4v) is 5.33. The number of piperidine rings is 1. The molecular weight excluding hydrogens is 388 g/mol. The molecule has 3 atom stereocenters. The Labute approximate surface area is 189 Å². The van der Waals surface area contributed by atoms with Crippen LogP contribution in [0.15, 0.2) is 48.1 Å². The average Bonchev–Trinajstić information content (AvgIpc) is 2.67. The van der Waals surface area contributed by atoms with Crippen molar-refractivity contribution in [3.05, 3.63) is 59.2 Å². The highest BCUT2D eigenvalue weighted by atomic mass is 35.5. The number of aryl methyl sites for hydroxylation is 1. The third-order valence-electron chi connectivity index (χ3n) is 6.95. The van der Waals surface area contributed by atoms with E-state index in [2.05, 4.69) is 87.3 Å². The Morgan fingerprint density at radius 2 is 2.07 bits per heavy atom. The molecule has 1 aromatic rings. The van der Waals surface area contributed by atoms with Gasteiger partial charge in [-0.25, -0.2) is 0 Å². The number of nitrogens with zero attached hydrogens (tertiary/aromatic N) is 1. The molecule has 1 fully saturated rings. The number of benzene rings is 1. The molecule has 2 nitrogen and oxygen atoms in total. The van der Waals surface area contributed by atoms with Crippen molar-refractivity contribution in [1.82, 2.24) is 10.2 Å². The van der Waals surface area contributed by atoms with Crippen molar-refractivity contribution in [2.24, 2.45) is 17.3 Å². The van der Waals surface area contributed by atoms with E-state index < -0.39 is 0 Å². The van der Waals surface area contributed by atoms with Gasteiger partial charge in [-0.2, -0.15) is 0 Å². The van der Waals surface area contributed by atoms with Gasteiger partial charge < -0.3 is 10.2 Å². The van der Waals surface area contributed by atoms with Gasteiger partial charge in [-0.3, -0.25) is 0 Å². The Balaban J connectivity index is 1.53. The molecule has 1 unspecified atom stereocenters.